The lowest BCUT2D eigenvalue weighted by atomic mass is 10.0. The topological polar surface area (TPSA) is 338 Å². The van der Waals surface area contributed by atoms with Crippen LogP contribution in [0.3, 0.4) is 0 Å². The molecule has 0 saturated heterocycles. The van der Waals surface area contributed by atoms with Gasteiger partial charge in [0.15, 0.2) is 11.9 Å². The van der Waals surface area contributed by atoms with Crippen LogP contribution in [-0.2, 0) is 30.4 Å². The molecule has 18 nitrogen and oxygen atoms in total. The van der Waals surface area contributed by atoms with Crippen LogP contribution in [0.25, 0.3) is 10.9 Å². The summed E-state index contributed by atoms with van der Waals surface area (Å²) in [5, 5.41) is 18.0. The lowest BCUT2D eigenvalue weighted by Crippen LogP contribution is -2.57. The van der Waals surface area contributed by atoms with Crippen molar-refractivity contribution in [3.63, 3.8) is 0 Å². The van der Waals surface area contributed by atoms with E-state index in [1.54, 1.807) is 6.20 Å². The van der Waals surface area contributed by atoms with Crippen LogP contribution in [0.5, 0.6) is 0 Å². The average Bonchev–Trinajstić information content (AvgIpc) is 3.40. The number of carbonyl (C=O) groups excluding carboxylic acids is 4. The minimum Gasteiger partial charge on any atom is -0.480 e. The molecule has 2 aromatic rings. The standard InChI is InChI=1S/C28H44N12O6/c29-17(6-3-11-35-27(31)32)23(42)40-21(13-15-14-37-18-7-2-1-5-16(15)18)25(44)38-19(8-4-12-36-28(33)34)24(43)39-20(26(45)46)9-10-22(30)41/h1-2,5,7,14,17,19-21,37H,3-4,6,8-13,29H2,(H2,30,41)(H,38,44)(H,39,43)(H,40,42)(H,45,46)(H4,31,32,35)(H4,33,34,36). The number of carbonyl (C=O) groups is 5. The Hall–Kier alpha value is -5.39. The zero-order chi connectivity index (χ0) is 34.2. The van der Waals surface area contributed by atoms with Crippen LogP contribution in [0.1, 0.15) is 44.1 Å². The lowest BCUT2D eigenvalue weighted by molar-refractivity contribution is -0.142. The Morgan fingerprint density at radius 2 is 1.33 bits per heavy atom. The number of rotatable bonds is 20. The van der Waals surface area contributed by atoms with E-state index >= 15 is 0 Å². The van der Waals surface area contributed by atoms with Crippen molar-refractivity contribution >= 4 is 52.4 Å². The normalized spacial score (nSPS) is 13.4. The molecular weight excluding hydrogens is 600 g/mol. The molecular formula is C28H44N12O6. The molecule has 0 bridgehead atoms. The number of guanidine groups is 2. The van der Waals surface area contributed by atoms with Gasteiger partial charge in [0.25, 0.3) is 0 Å². The molecule has 4 amide bonds. The summed E-state index contributed by atoms with van der Waals surface area (Å²) >= 11 is 0. The van der Waals surface area contributed by atoms with Crippen LogP contribution in [0.15, 0.2) is 40.4 Å². The number of carboxylic acid groups (broad SMARTS) is 1. The van der Waals surface area contributed by atoms with Crippen LogP contribution in [0.2, 0.25) is 0 Å². The van der Waals surface area contributed by atoms with E-state index < -0.39 is 53.8 Å². The number of nitrogens with one attached hydrogen (secondary N) is 4. The number of nitrogens with two attached hydrogens (primary N) is 6. The molecule has 4 unspecified atom stereocenters. The molecule has 1 aromatic heterocycles. The third-order valence-electron chi connectivity index (χ3n) is 6.91. The molecule has 1 aromatic carbocycles. The van der Waals surface area contributed by atoms with Gasteiger partial charge in [-0.25, -0.2) is 4.79 Å². The van der Waals surface area contributed by atoms with Crippen molar-refractivity contribution in [2.24, 2.45) is 44.4 Å². The quantitative estimate of drug-likeness (QED) is 0.0390. The first-order valence-electron chi connectivity index (χ1n) is 14.6. The molecule has 0 saturated carbocycles. The summed E-state index contributed by atoms with van der Waals surface area (Å²) in [6, 6.07) is 2.49. The van der Waals surface area contributed by atoms with E-state index in [1.807, 2.05) is 24.3 Å². The first-order valence-corrected chi connectivity index (χ1v) is 14.6. The highest BCUT2D eigenvalue weighted by molar-refractivity contribution is 5.95. The highest BCUT2D eigenvalue weighted by atomic mass is 16.4. The van der Waals surface area contributed by atoms with E-state index in [0.29, 0.717) is 12.0 Å². The molecule has 0 radical (unpaired) electrons. The summed E-state index contributed by atoms with van der Waals surface area (Å²) in [5.74, 6) is -4.56. The number of aromatic amines is 1. The van der Waals surface area contributed by atoms with Gasteiger partial charge in [0, 0.05) is 43.0 Å². The monoisotopic (exact) mass is 644 g/mol. The molecule has 0 aliphatic carbocycles. The van der Waals surface area contributed by atoms with Crippen LogP contribution >= 0.6 is 0 Å². The summed E-state index contributed by atoms with van der Waals surface area (Å²) in [6.45, 7) is 0.381. The maximum Gasteiger partial charge on any atom is 0.326 e. The van der Waals surface area contributed by atoms with Crippen LogP contribution in [0.4, 0.5) is 0 Å². The number of benzene rings is 1. The van der Waals surface area contributed by atoms with E-state index in [9.17, 15) is 29.1 Å². The smallest absolute Gasteiger partial charge is 0.326 e. The molecule has 18 heteroatoms. The number of hydrogen-bond donors (Lipinski definition) is 11. The minimum absolute atomic E-state index is 0.00850. The molecule has 252 valence electrons. The number of aliphatic imine (C=N–C) groups is 2. The van der Waals surface area contributed by atoms with Crippen LogP contribution in [0, 0.1) is 0 Å². The fraction of sp³-hybridized carbons (Fsp3) is 0.464. The highest BCUT2D eigenvalue weighted by Crippen LogP contribution is 2.19. The second-order valence-corrected chi connectivity index (χ2v) is 10.6. The zero-order valence-corrected chi connectivity index (χ0v) is 25.4. The van der Waals surface area contributed by atoms with Gasteiger partial charge in [-0.3, -0.25) is 29.2 Å². The predicted molar refractivity (Wildman–Crippen MR) is 172 cm³/mol. The van der Waals surface area contributed by atoms with E-state index in [2.05, 4.69) is 30.9 Å². The van der Waals surface area contributed by atoms with Crippen molar-refractivity contribution < 1.29 is 29.1 Å². The summed E-state index contributed by atoms with van der Waals surface area (Å²) in [4.78, 5) is 73.9. The van der Waals surface area contributed by atoms with Crippen molar-refractivity contribution in [2.45, 2.75) is 69.1 Å². The number of para-hydroxylation sites is 1. The van der Waals surface area contributed by atoms with Gasteiger partial charge in [-0.2, -0.15) is 0 Å². The minimum atomic E-state index is -1.45. The number of H-pyrrole nitrogens is 1. The van der Waals surface area contributed by atoms with Gasteiger partial charge in [0.05, 0.1) is 6.04 Å². The first kappa shape index (κ1) is 36.8. The predicted octanol–water partition coefficient (Wildman–Crippen LogP) is -3.05. The Labute approximate surface area is 265 Å². The number of hydrogen-bond acceptors (Lipinski definition) is 8. The zero-order valence-electron chi connectivity index (χ0n) is 25.4. The third-order valence-corrected chi connectivity index (χ3v) is 6.91. The Morgan fingerprint density at radius 1 is 0.761 bits per heavy atom. The second-order valence-electron chi connectivity index (χ2n) is 10.6. The maximum atomic E-state index is 13.7. The third kappa shape index (κ3) is 12.7. The largest absolute Gasteiger partial charge is 0.480 e. The Kier molecular flexibility index (Phi) is 14.7. The highest BCUT2D eigenvalue weighted by Gasteiger charge is 2.31. The summed E-state index contributed by atoms with van der Waals surface area (Å²) in [6.07, 6.45) is 2.06. The van der Waals surface area contributed by atoms with Gasteiger partial charge in [-0.1, -0.05) is 18.2 Å². The molecule has 1 heterocycles. The number of amides is 4. The number of carboxylic acids is 1. The number of aliphatic carboxylic acids is 1. The van der Waals surface area contributed by atoms with Crippen molar-refractivity contribution in [1.29, 1.82) is 0 Å². The molecule has 17 N–H and O–H groups in total. The van der Waals surface area contributed by atoms with E-state index in [0.717, 1.165) is 10.9 Å². The van der Waals surface area contributed by atoms with Crippen molar-refractivity contribution in [3.8, 4) is 0 Å². The van der Waals surface area contributed by atoms with Gasteiger partial charge < -0.3 is 60.4 Å². The van der Waals surface area contributed by atoms with Gasteiger partial charge >= 0.3 is 5.97 Å². The molecule has 0 aliphatic heterocycles. The van der Waals surface area contributed by atoms with E-state index in [1.165, 1.54) is 0 Å². The van der Waals surface area contributed by atoms with Gasteiger partial charge in [-0.15, -0.1) is 0 Å². The summed E-state index contributed by atoms with van der Waals surface area (Å²) < 4.78 is 0. The van der Waals surface area contributed by atoms with Gasteiger partial charge in [0.2, 0.25) is 23.6 Å². The molecule has 0 aliphatic rings. The van der Waals surface area contributed by atoms with Crippen molar-refractivity contribution in [3.05, 3.63) is 36.0 Å². The molecule has 4 atom stereocenters. The Morgan fingerprint density at radius 3 is 1.93 bits per heavy atom. The number of primary amides is 1. The summed E-state index contributed by atoms with van der Waals surface area (Å²) in [7, 11) is 0. The Balaban J connectivity index is 2.30. The van der Waals surface area contributed by atoms with Crippen LogP contribution in [-0.4, -0.2) is 88.9 Å². The van der Waals surface area contributed by atoms with Crippen LogP contribution < -0.4 is 50.4 Å². The van der Waals surface area contributed by atoms with Gasteiger partial charge in [-0.05, 0) is 43.7 Å². The van der Waals surface area contributed by atoms with E-state index in [4.69, 9.17) is 34.4 Å². The first-order chi connectivity index (χ1) is 21.8. The summed E-state index contributed by atoms with van der Waals surface area (Å²) in [5.41, 5.74) is 34.2. The number of fused-ring (bicyclic) bond motifs is 1. The molecule has 0 fully saturated rings. The van der Waals surface area contributed by atoms with Crippen molar-refractivity contribution in [2.75, 3.05) is 13.1 Å². The lowest BCUT2D eigenvalue weighted by Gasteiger charge is -2.25. The number of nitrogens with zero attached hydrogens (tertiary/aromatic N) is 2. The fourth-order valence-electron chi connectivity index (χ4n) is 4.52. The molecule has 46 heavy (non-hydrogen) atoms. The Bertz CT molecular complexity index is 1420. The van der Waals surface area contributed by atoms with Crippen molar-refractivity contribution in [1.82, 2.24) is 20.9 Å². The fourth-order valence-corrected chi connectivity index (χ4v) is 4.52. The van der Waals surface area contributed by atoms with E-state index in [-0.39, 0.29) is 63.5 Å². The maximum absolute atomic E-state index is 13.7. The number of aromatic nitrogens is 1. The van der Waals surface area contributed by atoms with Gasteiger partial charge in [0.1, 0.15) is 18.1 Å². The SMILES string of the molecule is NC(=O)CCC(NC(=O)C(CCCN=C(N)N)NC(=O)C(Cc1c[nH]c2ccccc12)NC(=O)C(N)CCCN=C(N)N)C(=O)O. The molecule has 0 spiro atoms. The second kappa shape index (κ2) is 18.4. The molecule has 2 rings (SSSR count). The average molecular weight is 645 g/mol.